The van der Waals surface area contributed by atoms with Gasteiger partial charge in [-0.2, -0.15) is 9.78 Å². The van der Waals surface area contributed by atoms with Crippen LogP contribution in [-0.4, -0.2) is 20.3 Å². The van der Waals surface area contributed by atoms with E-state index < -0.39 is 0 Å². The van der Waals surface area contributed by atoms with E-state index in [4.69, 9.17) is 11.6 Å². The molecule has 1 amide bonds. The molecule has 0 saturated carbocycles. The molecule has 2 heterocycles. The maximum Gasteiger partial charge on any atom is 0.281 e. The molecule has 0 saturated heterocycles. The van der Waals surface area contributed by atoms with Crippen LogP contribution in [0, 0.1) is 13.8 Å². The smallest absolute Gasteiger partial charge is 0.281 e. The molecular formula is C24H23ClN4O2. The molecule has 0 aliphatic carbocycles. The van der Waals surface area contributed by atoms with Gasteiger partial charge in [0, 0.05) is 40.4 Å². The Morgan fingerprint density at radius 3 is 2.58 bits per heavy atom. The highest BCUT2D eigenvalue weighted by Gasteiger charge is 2.17. The van der Waals surface area contributed by atoms with Crippen molar-refractivity contribution in [2.75, 3.05) is 5.32 Å². The highest BCUT2D eigenvalue weighted by Crippen LogP contribution is 2.23. The molecule has 4 rings (SSSR count). The maximum atomic E-state index is 13.1. The van der Waals surface area contributed by atoms with E-state index in [9.17, 15) is 9.59 Å². The third-order valence-corrected chi connectivity index (χ3v) is 5.67. The lowest BCUT2D eigenvalue weighted by Gasteiger charge is -2.09. The molecule has 0 aliphatic heterocycles. The van der Waals surface area contributed by atoms with E-state index in [0.717, 1.165) is 22.5 Å². The molecule has 0 aliphatic rings. The summed E-state index contributed by atoms with van der Waals surface area (Å²) >= 11 is 5.96. The van der Waals surface area contributed by atoms with Crippen LogP contribution in [0.25, 0.3) is 16.5 Å². The van der Waals surface area contributed by atoms with Gasteiger partial charge in [0.2, 0.25) is 5.91 Å². The second kappa shape index (κ2) is 8.78. The zero-order valence-electron chi connectivity index (χ0n) is 17.4. The second-order valence-electron chi connectivity index (χ2n) is 7.47. The number of rotatable bonds is 6. The van der Waals surface area contributed by atoms with Gasteiger partial charge >= 0.3 is 0 Å². The van der Waals surface area contributed by atoms with Crippen LogP contribution in [0.1, 0.15) is 24.2 Å². The lowest BCUT2D eigenvalue weighted by molar-refractivity contribution is -0.116. The number of fused-ring (bicyclic) bond motifs is 1. The number of benzene rings is 2. The monoisotopic (exact) mass is 434 g/mol. The van der Waals surface area contributed by atoms with Crippen molar-refractivity contribution in [3.8, 4) is 5.69 Å². The standard InChI is InChI=1S/C24H23ClN4O2/c1-16-21-15-26-29(20-10-4-3-5-11-20)24(31)23(21)17(2)28(16)13-7-12-22(30)27-19-9-6-8-18(25)14-19/h3-6,8-11,14-15H,7,12-13H2,1-2H3,(H,27,30). The molecule has 6 nitrogen and oxygen atoms in total. The molecule has 158 valence electrons. The van der Waals surface area contributed by atoms with Crippen LogP contribution < -0.4 is 10.9 Å². The fraction of sp³-hybridized carbons (Fsp3) is 0.208. The van der Waals surface area contributed by atoms with Gasteiger partial charge in [-0.25, -0.2) is 0 Å². The summed E-state index contributed by atoms with van der Waals surface area (Å²) in [5, 5.41) is 9.33. The summed E-state index contributed by atoms with van der Waals surface area (Å²) in [5.41, 5.74) is 3.15. The predicted octanol–water partition coefficient (Wildman–Crippen LogP) is 4.88. The minimum atomic E-state index is -0.137. The molecule has 2 aromatic carbocycles. The SMILES string of the molecule is Cc1c2cnn(-c3ccccc3)c(=O)c2c(C)n1CCCC(=O)Nc1cccc(Cl)c1. The number of nitrogens with zero attached hydrogens (tertiary/aromatic N) is 3. The first kappa shape index (κ1) is 20.9. The topological polar surface area (TPSA) is 68.9 Å². The van der Waals surface area contributed by atoms with Gasteiger partial charge in [0.1, 0.15) is 0 Å². The van der Waals surface area contributed by atoms with E-state index >= 15 is 0 Å². The first-order valence-corrected chi connectivity index (χ1v) is 10.5. The number of hydrogen-bond acceptors (Lipinski definition) is 3. The van der Waals surface area contributed by atoms with Crippen molar-refractivity contribution in [3.05, 3.63) is 87.6 Å². The van der Waals surface area contributed by atoms with Gasteiger partial charge in [0.25, 0.3) is 5.56 Å². The van der Waals surface area contributed by atoms with E-state index in [-0.39, 0.29) is 11.5 Å². The molecule has 0 radical (unpaired) electrons. The molecule has 4 aromatic rings. The molecular weight excluding hydrogens is 412 g/mol. The summed E-state index contributed by atoms with van der Waals surface area (Å²) in [6, 6.07) is 16.5. The average Bonchev–Trinajstić information content (AvgIpc) is 3.00. The molecule has 7 heteroatoms. The van der Waals surface area contributed by atoms with Gasteiger partial charge in [-0.3, -0.25) is 9.59 Å². The van der Waals surface area contributed by atoms with Crippen molar-refractivity contribution in [2.45, 2.75) is 33.2 Å². The number of aromatic nitrogens is 3. The van der Waals surface area contributed by atoms with Crippen LogP contribution in [0.4, 0.5) is 5.69 Å². The number of hydrogen-bond donors (Lipinski definition) is 1. The molecule has 2 aromatic heterocycles. The van der Waals surface area contributed by atoms with E-state index in [2.05, 4.69) is 15.0 Å². The third kappa shape index (κ3) is 4.25. The van der Waals surface area contributed by atoms with Crippen LogP contribution in [-0.2, 0) is 11.3 Å². The summed E-state index contributed by atoms with van der Waals surface area (Å²) in [4.78, 5) is 25.4. The Kier molecular flexibility index (Phi) is 5.91. The van der Waals surface area contributed by atoms with Crippen LogP contribution in [0.15, 0.2) is 65.6 Å². The van der Waals surface area contributed by atoms with Gasteiger partial charge in [0.15, 0.2) is 0 Å². The zero-order valence-corrected chi connectivity index (χ0v) is 18.2. The first-order valence-electron chi connectivity index (χ1n) is 10.1. The summed E-state index contributed by atoms with van der Waals surface area (Å²) in [5.74, 6) is -0.0672. The third-order valence-electron chi connectivity index (χ3n) is 5.43. The van der Waals surface area contributed by atoms with Crippen LogP contribution in [0.5, 0.6) is 0 Å². The summed E-state index contributed by atoms with van der Waals surface area (Å²) in [6.45, 7) is 4.56. The number of halogens is 1. The minimum absolute atomic E-state index is 0.0672. The van der Waals surface area contributed by atoms with Gasteiger partial charge < -0.3 is 9.88 Å². The Labute approximate surface area is 185 Å². The Balaban J connectivity index is 1.52. The highest BCUT2D eigenvalue weighted by atomic mass is 35.5. The van der Waals surface area contributed by atoms with Crippen molar-refractivity contribution >= 4 is 34.0 Å². The van der Waals surface area contributed by atoms with Crippen LogP contribution >= 0.6 is 11.6 Å². The summed E-state index contributed by atoms with van der Waals surface area (Å²) < 4.78 is 3.52. The average molecular weight is 435 g/mol. The quantitative estimate of drug-likeness (QED) is 0.470. The van der Waals surface area contributed by atoms with Crippen molar-refractivity contribution < 1.29 is 4.79 Å². The molecule has 0 unspecified atom stereocenters. The zero-order chi connectivity index (χ0) is 22.0. The number of para-hydroxylation sites is 1. The first-order chi connectivity index (χ1) is 15.0. The van der Waals surface area contributed by atoms with E-state index in [0.29, 0.717) is 35.5 Å². The largest absolute Gasteiger partial charge is 0.348 e. The molecule has 1 N–H and O–H groups in total. The highest BCUT2D eigenvalue weighted by molar-refractivity contribution is 6.30. The molecule has 0 bridgehead atoms. The lowest BCUT2D eigenvalue weighted by atomic mass is 10.2. The number of aryl methyl sites for hydroxylation is 2. The normalized spacial score (nSPS) is 11.1. The Hall–Kier alpha value is -3.38. The van der Waals surface area contributed by atoms with Crippen molar-refractivity contribution in [3.63, 3.8) is 0 Å². The van der Waals surface area contributed by atoms with Gasteiger partial charge in [0.05, 0.1) is 17.3 Å². The number of carbonyl (C=O) groups excluding carboxylic acids is 1. The number of amides is 1. The number of carbonyl (C=O) groups is 1. The van der Waals surface area contributed by atoms with E-state index in [1.165, 1.54) is 4.68 Å². The van der Waals surface area contributed by atoms with Crippen molar-refractivity contribution in [2.24, 2.45) is 0 Å². The molecule has 0 atom stereocenters. The van der Waals surface area contributed by atoms with Gasteiger partial charge in [-0.05, 0) is 50.6 Å². The number of nitrogens with one attached hydrogen (secondary N) is 1. The fourth-order valence-electron chi connectivity index (χ4n) is 3.89. The summed E-state index contributed by atoms with van der Waals surface area (Å²) in [7, 11) is 0. The molecule has 31 heavy (non-hydrogen) atoms. The molecule has 0 fully saturated rings. The van der Waals surface area contributed by atoms with E-state index in [1.54, 1.807) is 24.4 Å². The minimum Gasteiger partial charge on any atom is -0.348 e. The van der Waals surface area contributed by atoms with Gasteiger partial charge in [-0.15, -0.1) is 0 Å². The summed E-state index contributed by atoms with van der Waals surface area (Å²) in [6.07, 6.45) is 2.76. The second-order valence-corrected chi connectivity index (χ2v) is 7.91. The maximum absolute atomic E-state index is 13.1. The van der Waals surface area contributed by atoms with Crippen LogP contribution in [0.2, 0.25) is 5.02 Å². The Morgan fingerprint density at radius 1 is 1.06 bits per heavy atom. The predicted molar refractivity (Wildman–Crippen MR) is 124 cm³/mol. The molecule has 0 spiro atoms. The van der Waals surface area contributed by atoms with Crippen molar-refractivity contribution in [1.82, 2.24) is 14.3 Å². The number of anilines is 1. The fourth-order valence-corrected chi connectivity index (χ4v) is 4.08. The van der Waals surface area contributed by atoms with Crippen molar-refractivity contribution in [1.29, 1.82) is 0 Å². The lowest BCUT2D eigenvalue weighted by Crippen LogP contribution is -2.21. The van der Waals surface area contributed by atoms with Gasteiger partial charge in [-0.1, -0.05) is 35.9 Å². The van der Waals surface area contributed by atoms with E-state index in [1.807, 2.05) is 50.2 Å². The Morgan fingerprint density at radius 2 is 1.84 bits per heavy atom. The van der Waals surface area contributed by atoms with Crippen LogP contribution in [0.3, 0.4) is 0 Å². The Bertz CT molecular complexity index is 1310.